The Balaban J connectivity index is 3.08. The van der Waals surface area contributed by atoms with Crippen LogP contribution in [-0.4, -0.2) is 31.1 Å². The zero-order valence-corrected chi connectivity index (χ0v) is 11.5. The lowest BCUT2D eigenvalue weighted by molar-refractivity contribution is -0.00243. The van der Waals surface area contributed by atoms with Crippen LogP contribution in [0.1, 0.15) is 10.4 Å². The first-order valence-corrected chi connectivity index (χ1v) is 8.81. The minimum atomic E-state index is -1.94. The highest BCUT2D eigenvalue weighted by Gasteiger charge is 2.36. The summed E-state index contributed by atoms with van der Waals surface area (Å²) in [5.74, 6) is 0.478. The Kier molecular flexibility index (Phi) is 3.99. The summed E-state index contributed by atoms with van der Waals surface area (Å²) in [6.45, 7) is 5.89. The van der Waals surface area contributed by atoms with Gasteiger partial charge in [0.15, 0.2) is 8.07 Å². The predicted molar refractivity (Wildman–Crippen MR) is 69.3 cm³/mol. The highest BCUT2D eigenvalue weighted by Crippen LogP contribution is 2.14. The SMILES string of the molecule is COc1ccc(C(=O)C(=[N+]=[N-])[Si](C)(C)C)cc1. The number of benzene rings is 1. The maximum Gasteiger partial charge on any atom is 0.304 e. The molecule has 0 amide bonds. The third-order valence-corrected chi connectivity index (χ3v) is 4.13. The average molecular weight is 248 g/mol. The monoisotopic (exact) mass is 248 g/mol. The molecule has 5 heteroatoms. The van der Waals surface area contributed by atoms with Crippen LogP contribution in [-0.2, 0) is 0 Å². The van der Waals surface area contributed by atoms with E-state index < -0.39 is 8.07 Å². The summed E-state index contributed by atoms with van der Waals surface area (Å²) in [6.07, 6.45) is 0. The van der Waals surface area contributed by atoms with Crippen LogP contribution < -0.4 is 4.74 Å². The van der Waals surface area contributed by atoms with E-state index in [1.807, 2.05) is 19.6 Å². The van der Waals surface area contributed by atoms with Crippen molar-refractivity contribution in [3.63, 3.8) is 0 Å². The van der Waals surface area contributed by atoms with Gasteiger partial charge in [0.1, 0.15) is 5.75 Å². The molecule has 0 radical (unpaired) electrons. The Labute approximate surface area is 102 Å². The van der Waals surface area contributed by atoms with Crippen molar-refractivity contribution in [3.05, 3.63) is 35.4 Å². The minimum Gasteiger partial charge on any atom is -0.497 e. The van der Waals surface area contributed by atoms with Gasteiger partial charge in [-0.15, -0.1) is 0 Å². The van der Waals surface area contributed by atoms with Gasteiger partial charge in [-0.25, -0.2) is 0 Å². The first-order valence-electron chi connectivity index (χ1n) is 5.31. The molecule has 0 spiro atoms. The third kappa shape index (κ3) is 3.12. The fraction of sp³-hybridized carbons (Fsp3) is 0.333. The van der Waals surface area contributed by atoms with Gasteiger partial charge in [0, 0.05) is 5.56 Å². The van der Waals surface area contributed by atoms with E-state index in [1.165, 1.54) is 0 Å². The smallest absolute Gasteiger partial charge is 0.304 e. The van der Waals surface area contributed by atoms with Gasteiger partial charge in [0.2, 0.25) is 0 Å². The highest BCUT2D eigenvalue weighted by molar-refractivity contribution is 7.12. The van der Waals surface area contributed by atoms with Gasteiger partial charge in [-0.3, -0.25) is 4.79 Å². The summed E-state index contributed by atoms with van der Waals surface area (Å²) in [4.78, 5) is 15.3. The summed E-state index contributed by atoms with van der Waals surface area (Å²) < 4.78 is 5.02. The molecule has 1 rings (SSSR count). The van der Waals surface area contributed by atoms with Crippen LogP contribution in [0.25, 0.3) is 5.53 Å². The van der Waals surface area contributed by atoms with Crippen LogP contribution in [0.15, 0.2) is 24.3 Å². The molecule has 0 N–H and O–H groups in total. The van der Waals surface area contributed by atoms with Crippen LogP contribution in [0.4, 0.5) is 0 Å². The Hall–Kier alpha value is -1.71. The zero-order valence-electron chi connectivity index (χ0n) is 10.5. The molecule has 0 aromatic heterocycles. The van der Waals surface area contributed by atoms with E-state index in [0.29, 0.717) is 11.3 Å². The van der Waals surface area contributed by atoms with E-state index in [2.05, 4.69) is 4.79 Å². The van der Waals surface area contributed by atoms with Crippen molar-refractivity contribution in [3.8, 4) is 5.75 Å². The number of nitrogens with zero attached hydrogens (tertiary/aromatic N) is 2. The van der Waals surface area contributed by atoms with Crippen molar-refractivity contribution in [2.75, 3.05) is 7.11 Å². The summed E-state index contributed by atoms with van der Waals surface area (Å²) in [7, 11) is -0.366. The molecule has 90 valence electrons. The molecular formula is C12H16N2O2Si. The molecule has 0 heterocycles. The quantitative estimate of drug-likeness (QED) is 0.270. The van der Waals surface area contributed by atoms with E-state index in [0.717, 1.165) is 0 Å². The molecule has 0 saturated carbocycles. The number of rotatable bonds is 4. The molecule has 0 saturated heterocycles. The van der Waals surface area contributed by atoms with Gasteiger partial charge >= 0.3 is 5.33 Å². The molecule has 0 fully saturated rings. The lowest BCUT2D eigenvalue weighted by Gasteiger charge is -2.08. The maximum atomic E-state index is 12.1. The minimum absolute atomic E-state index is 0.214. The maximum absolute atomic E-state index is 12.1. The van der Waals surface area contributed by atoms with Crippen LogP contribution >= 0.6 is 0 Å². The van der Waals surface area contributed by atoms with Crippen LogP contribution in [0.5, 0.6) is 5.75 Å². The van der Waals surface area contributed by atoms with Crippen molar-refractivity contribution >= 4 is 19.2 Å². The summed E-state index contributed by atoms with van der Waals surface area (Å²) in [6, 6.07) is 6.78. The molecule has 1 aromatic rings. The van der Waals surface area contributed by atoms with Crippen molar-refractivity contribution in [1.82, 2.24) is 0 Å². The van der Waals surface area contributed by atoms with Crippen molar-refractivity contribution in [2.24, 2.45) is 0 Å². The fourth-order valence-corrected chi connectivity index (χ4v) is 2.54. The van der Waals surface area contributed by atoms with E-state index in [4.69, 9.17) is 10.3 Å². The molecule has 0 unspecified atom stereocenters. The van der Waals surface area contributed by atoms with Gasteiger partial charge in [-0.05, 0) is 24.3 Å². The van der Waals surface area contributed by atoms with Gasteiger partial charge in [-0.2, -0.15) is 4.79 Å². The molecule has 4 nitrogen and oxygen atoms in total. The van der Waals surface area contributed by atoms with E-state index in [9.17, 15) is 4.79 Å². The van der Waals surface area contributed by atoms with Crippen LogP contribution in [0.2, 0.25) is 19.6 Å². The average Bonchev–Trinajstić information content (AvgIpc) is 2.28. The molecule has 0 aliphatic rings. The number of Topliss-reactive ketones (excluding diaryl/α,β-unsaturated/α-hetero) is 1. The largest absolute Gasteiger partial charge is 0.497 e. The molecule has 0 aliphatic carbocycles. The molecule has 17 heavy (non-hydrogen) atoms. The first-order chi connectivity index (χ1) is 7.90. The van der Waals surface area contributed by atoms with Crippen LogP contribution in [0.3, 0.4) is 0 Å². The third-order valence-electron chi connectivity index (χ3n) is 2.38. The highest BCUT2D eigenvalue weighted by atomic mass is 28.3. The number of ether oxygens (including phenoxy) is 1. The topological polar surface area (TPSA) is 62.7 Å². The van der Waals surface area contributed by atoms with E-state index >= 15 is 0 Å². The lowest BCUT2D eigenvalue weighted by atomic mass is 10.1. The number of hydrogen-bond acceptors (Lipinski definition) is 2. The molecule has 0 bridgehead atoms. The second kappa shape index (κ2) is 5.08. The lowest BCUT2D eigenvalue weighted by Crippen LogP contribution is -2.40. The second-order valence-electron chi connectivity index (χ2n) is 4.76. The number of carbonyl (C=O) groups is 1. The van der Waals surface area contributed by atoms with Crippen molar-refractivity contribution in [2.45, 2.75) is 19.6 Å². The zero-order chi connectivity index (χ0) is 13.1. The molecule has 0 atom stereocenters. The van der Waals surface area contributed by atoms with Gasteiger partial charge in [0.25, 0.3) is 5.78 Å². The standard InChI is InChI=1S/C12H16N2O2Si/c1-16-10-7-5-9(6-8-10)11(15)12(14-13)17(2,3)4/h5-8H,1-4H3. The Morgan fingerprint density at radius 3 is 2.12 bits per heavy atom. The summed E-state index contributed by atoms with van der Waals surface area (Å²) >= 11 is 0. The second-order valence-corrected chi connectivity index (χ2v) is 9.73. The Morgan fingerprint density at radius 1 is 1.24 bits per heavy atom. The van der Waals surface area contributed by atoms with E-state index in [-0.39, 0.29) is 11.1 Å². The van der Waals surface area contributed by atoms with Crippen molar-refractivity contribution in [1.29, 1.82) is 0 Å². The Bertz CT molecular complexity index is 468. The van der Waals surface area contributed by atoms with Crippen LogP contribution in [0, 0.1) is 0 Å². The normalized spacial score (nSPS) is 10.6. The number of ketones is 1. The van der Waals surface area contributed by atoms with Gasteiger partial charge in [0.05, 0.1) is 7.11 Å². The van der Waals surface area contributed by atoms with Crippen molar-refractivity contribution < 1.29 is 14.3 Å². The molecular weight excluding hydrogens is 232 g/mol. The number of carbonyl (C=O) groups excluding carboxylic acids is 1. The predicted octanol–water partition coefficient (Wildman–Crippen LogP) is 2.43. The number of methoxy groups -OCH3 is 1. The first kappa shape index (κ1) is 13.4. The van der Waals surface area contributed by atoms with Gasteiger partial charge in [-0.1, -0.05) is 19.6 Å². The Morgan fingerprint density at radius 2 is 1.76 bits per heavy atom. The number of hydrogen-bond donors (Lipinski definition) is 0. The molecule has 0 aliphatic heterocycles. The van der Waals surface area contributed by atoms with Gasteiger partial charge < -0.3 is 10.3 Å². The summed E-state index contributed by atoms with van der Waals surface area (Å²) in [5, 5.41) is 0.280. The van der Waals surface area contributed by atoms with E-state index in [1.54, 1.807) is 31.4 Å². The molecule has 1 aromatic carbocycles. The summed E-state index contributed by atoms with van der Waals surface area (Å²) in [5.41, 5.74) is 9.49. The fourth-order valence-electron chi connectivity index (χ4n) is 1.42.